The molecule has 0 bridgehead atoms. The Bertz CT molecular complexity index is 3640. The molecule has 0 saturated carbocycles. The summed E-state index contributed by atoms with van der Waals surface area (Å²) in [5, 5.41) is 22.4. The summed E-state index contributed by atoms with van der Waals surface area (Å²) >= 11 is 7.53. The maximum absolute atomic E-state index is 15.3. The molecule has 6 atom stereocenters. The van der Waals surface area contributed by atoms with E-state index < -0.39 is 88.6 Å². The Morgan fingerprint density at radius 2 is 1.23 bits per heavy atom. The number of aromatic nitrogens is 4. The van der Waals surface area contributed by atoms with Gasteiger partial charge in [-0.3, -0.25) is 25.3 Å². The van der Waals surface area contributed by atoms with Crippen LogP contribution < -0.4 is 21.3 Å². The predicted molar refractivity (Wildman–Crippen MR) is 348 cm³/mol. The predicted octanol–water partition coefficient (Wildman–Crippen LogP) is 12.3. The highest BCUT2D eigenvalue weighted by Gasteiger charge is 2.42. The number of benzene rings is 4. The van der Waals surface area contributed by atoms with Crippen molar-refractivity contribution in [2.45, 2.75) is 127 Å². The van der Waals surface area contributed by atoms with E-state index in [1.807, 2.05) is 75.4 Å². The maximum Gasteiger partial charge on any atom is 0.410 e. The van der Waals surface area contributed by atoms with Crippen LogP contribution in [0.5, 0.6) is 0 Å². The largest absolute Gasteiger partial charge is 0.444 e. The van der Waals surface area contributed by atoms with E-state index in [1.165, 1.54) is 12.1 Å². The Kier molecular flexibility index (Phi) is 21.9. The maximum atomic E-state index is 15.3. The second-order valence-electron chi connectivity index (χ2n) is 25.9. The molecular formula is C66H80Br2F4N12O9. The molecule has 21 nitrogen and oxygen atoms in total. The second kappa shape index (κ2) is 29.7. The molecule has 2 aromatic heterocycles. The fourth-order valence-corrected chi connectivity index (χ4v) is 13.6. The summed E-state index contributed by atoms with van der Waals surface area (Å²) in [6, 6.07) is 20.7. The van der Waals surface area contributed by atoms with Gasteiger partial charge in [-0.05, 0) is 164 Å². The highest BCUT2D eigenvalue weighted by molar-refractivity contribution is 9.11. The molecule has 93 heavy (non-hydrogen) atoms. The Labute approximate surface area is 555 Å². The lowest BCUT2D eigenvalue weighted by atomic mass is 9.94. The average Bonchev–Trinajstić information content (AvgIpc) is 1.64. The van der Waals surface area contributed by atoms with Gasteiger partial charge in [0, 0.05) is 78.4 Å². The standard InChI is InChI=1S/C66H80Br2F4N12O9/c1-65(2,3)92-63(87)80-26-23-44(24-27-80)91-37-53-56(67)59(83(77-53)42-15-10-9-11-16-42)75-62(86)74-52-36-81(34-46(52)40-20-22-48(70)50(72)32-40)55(38-90-8)41-14-12-17-43(30-41)84-60(57(68)58(78-84)54-18-13-25-82(54)64(88)93-66(4,5)6)76-61(85)73-51-35-79(28-29-89-7)33-45(51)39-19-21-47(69)49(71)31-39/h9-12,14-17,19-22,30-32,44-46,51-52,54-55H,13,18,23-29,33-38H2,1-8H3,(H2,73,76,85)(H2,74,75,86). The number of carbonyl (C=O) groups is 4. The highest BCUT2D eigenvalue weighted by Crippen LogP contribution is 2.42. The lowest BCUT2D eigenvalue weighted by Gasteiger charge is -2.33. The average molecular weight is 1420 g/mol. The van der Waals surface area contributed by atoms with Gasteiger partial charge >= 0.3 is 24.2 Å². The fourth-order valence-electron chi connectivity index (χ4n) is 12.5. The molecule has 27 heteroatoms. The Morgan fingerprint density at radius 3 is 1.84 bits per heavy atom. The zero-order valence-electron chi connectivity index (χ0n) is 53.3. The molecule has 0 spiro atoms. The summed E-state index contributed by atoms with van der Waals surface area (Å²) in [6.45, 7) is 14.6. The van der Waals surface area contributed by atoms with Crippen LogP contribution in [0.15, 0.2) is 99.9 Å². The van der Waals surface area contributed by atoms with Crippen molar-refractivity contribution < 1.29 is 60.4 Å². The number of rotatable bonds is 19. The third kappa shape index (κ3) is 16.7. The second-order valence-corrected chi connectivity index (χ2v) is 27.5. The third-order valence-electron chi connectivity index (χ3n) is 17.0. The van der Waals surface area contributed by atoms with Crippen molar-refractivity contribution in [3.63, 3.8) is 0 Å². The quantitative estimate of drug-likeness (QED) is 0.0557. The minimum atomic E-state index is -1.04. The van der Waals surface area contributed by atoms with E-state index in [9.17, 15) is 32.3 Å². The smallest absolute Gasteiger partial charge is 0.410 e. The number of piperidine rings is 1. The van der Waals surface area contributed by atoms with Crippen molar-refractivity contribution in [3.8, 4) is 11.4 Å². The third-order valence-corrected chi connectivity index (χ3v) is 18.6. The van der Waals surface area contributed by atoms with Gasteiger partial charge in [0.2, 0.25) is 0 Å². The van der Waals surface area contributed by atoms with Gasteiger partial charge in [-0.1, -0.05) is 42.5 Å². The minimum Gasteiger partial charge on any atom is -0.444 e. The van der Waals surface area contributed by atoms with Crippen molar-refractivity contribution in [2.75, 3.05) is 90.4 Å². The number of para-hydroxylation sites is 1. The van der Waals surface area contributed by atoms with Crippen LogP contribution in [-0.4, -0.2) is 173 Å². The van der Waals surface area contributed by atoms with Crippen LogP contribution in [0.2, 0.25) is 0 Å². The molecule has 4 fully saturated rings. The molecule has 10 rings (SSSR count). The van der Waals surface area contributed by atoms with Gasteiger partial charge in [-0.25, -0.2) is 46.1 Å². The first-order valence-corrected chi connectivity index (χ1v) is 32.7. The molecule has 0 aliphatic carbocycles. The fraction of sp³-hybridized carbons (Fsp3) is 0.485. The molecule has 6 aromatic rings. The van der Waals surface area contributed by atoms with Crippen LogP contribution in [0.25, 0.3) is 11.4 Å². The van der Waals surface area contributed by atoms with Crippen molar-refractivity contribution in [1.82, 2.24) is 49.8 Å². The molecule has 6 amide bonds. The van der Waals surface area contributed by atoms with E-state index in [4.69, 9.17) is 33.9 Å². The van der Waals surface area contributed by atoms with Gasteiger partial charge in [-0.2, -0.15) is 10.2 Å². The van der Waals surface area contributed by atoms with E-state index in [0.29, 0.717) is 120 Å². The molecule has 500 valence electrons. The summed E-state index contributed by atoms with van der Waals surface area (Å²) in [5.74, 6) is -4.49. The molecule has 4 aromatic carbocycles. The Balaban J connectivity index is 0.926. The first kappa shape index (κ1) is 68.7. The summed E-state index contributed by atoms with van der Waals surface area (Å²) in [7, 11) is 3.16. The molecular weight excluding hydrogens is 1340 g/mol. The number of likely N-dealkylation sites (tertiary alicyclic amines) is 4. The van der Waals surface area contributed by atoms with Gasteiger partial charge in [0.1, 0.15) is 22.6 Å². The number of urea groups is 2. The van der Waals surface area contributed by atoms with E-state index in [2.05, 4.69) is 62.9 Å². The van der Waals surface area contributed by atoms with Crippen LogP contribution in [0.1, 0.15) is 119 Å². The summed E-state index contributed by atoms with van der Waals surface area (Å²) in [5.41, 5.74) is 2.42. The van der Waals surface area contributed by atoms with E-state index in [0.717, 1.165) is 29.8 Å². The number of anilines is 2. The van der Waals surface area contributed by atoms with Crippen LogP contribution >= 0.6 is 31.9 Å². The number of methoxy groups -OCH3 is 2. The first-order chi connectivity index (χ1) is 44.3. The van der Waals surface area contributed by atoms with E-state index in [-0.39, 0.29) is 44.3 Å². The van der Waals surface area contributed by atoms with Crippen LogP contribution in [0.3, 0.4) is 0 Å². The topological polar surface area (TPSA) is 211 Å². The van der Waals surface area contributed by atoms with Gasteiger partial charge in [0.15, 0.2) is 34.9 Å². The van der Waals surface area contributed by atoms with Crippen molar-refractivity contribution in [1.29, 1.82) is 0 Å². The number of nitrogens with zero attached hydrogens (tertiary/aromatic N) is 8. The lowest BCUT2D eigenvalue weighted by Crippen LogP contribution is -2.43. The van der Waals surface area contributed by atoms with Crippen LogP contribution in [0.4, 0.5) is 48.4 Å². The van der Waals surface area contributed by atoms with Gasteiger partial charge in [-0.15, -0.1) is 0 Å². The van der Waals surface area contributed by atoms with Crippen LogP contribution in [0, 0.1) is 23.3 Å². The first-order valence-electron chi connectivity index (χ1n) is 31.1. The Morgan fingerprint density at radius 1 is 0.634 bits per heavy atom. The number of hydrogen-bond acceptors (Lipinski definition) is 13. The van der Waals surface area contributed by atoms with E-state index in [1.54, 1.807) is 54.2 Å². The van der Waals surface area contributed by atoms with E-state index >= 15 is 4.39 Å². The van der Waals surface area contributed by atoms with Crippen molar-refractivity contribution >= 4 is 67.7 Å². The zero-order valence-corrected chi connectivity index (χ0v) is 56.5. The molecule has 4 N–H and O–H groups in total. The molecule has 4 aliphatic heterocycles. The number of ether oxygens (including phenoxy) is 5. The number of halogens is 6. The molecule has 4 aliphatic rings. The SMILES string of the molecule is COCCN1CC(NC(=O)Nc2c(Br)c(C3CCCN3C(=O)OC(C)(C)C)nn2-c2cccc(C(COC)N3CC(NC(=O)Nc4c(Br)c(COC5CCN(C(=O)OC(C)(C)C)CC5)nn4-c4ccccc4)C(c4ccc(F)c(F)c4)C3)c2)C(c2ccc(F)c(F)c2)C1. The van der Waals surface area contributed by atoms with Crippen LogP contribution in [-0.2, 0) is 30.3 Å². The molecule has 6 heterocycles. The number of amides is 6. The summed E-state index contributed by atoms with van der Waals surface area (Å²) in [6.07, 6.45) is 1.31. The monoisotopic (exact) mass is 1420 g/mol. The van der Waals surface area contributed by atoms with Crippen molar-refractivity contribution in [3.05, 3.63) is 151 Å². The Hall–Kier alpha value is -7.14. The van der Waals surface area contributed by atoms with Gasteiger partial charge < -0.3 is 39.2 Å². The van der Waals surface area contributed by atoms with Crippen molar-refractivity contribution in [2.24, 2.45) is 0 Å². The lowest BCUT2D eigenvalue weighted by molar-refractivity contribution is -0.0180. The molecule has 0 radical (unpaired) electrons. The molecule has 6 unspecified atom stereocenters. The summed E-state index contributed by atoms with van der Waals surface area (Å²) < 4.78 is 92.1. The highest BCUT2D eigenvalue weighted by atomic mass is 79.9. The number of nitrogens with one attached hydrogen (secondary N) is 4. The van der Waals surface area contributed by atoms with Gasteiger partial charge in [0.05, 0.1) is 70.4 Å². The zero-order chi connectivity index (χ0) is 66.5. The number of carbonyl (C=O) groups excluding carboxylic acids is 4. The summed E-state index contributed by atoms with van der Waals surface area (Å²) in [4.78, 5) is 63.3. The number of hydrogen-bond donors (Lipinski definition) is 4. The van der Waals surface area contributed by atoms with Gasteiger partial charge in [0.25, 0.3) is 0 Å². The molecule has 4 saturated heterocycles. The minimum absolute atomic E-state index is 0.0881. The normalized spacial score (nSPS) is 20.3.